The first-order chi connectivity index (χ1) is 8.90. The number of hydrogen-bond acceptors (Lipinski definition) is 2. The van der Waals surface area contributed by atoms with Crippen LogP contribution in [-0.4, -0.2) is 14.8 Å². The lowest BCUT2D eigenvalue weighted by atomic mass is 10.2. The fraction of sp³-hybridized carbons (Fsp3) is 0.200. The molecule has 2 aromatic rings. The Hall–Kier alpha value is -1.77. The van der Waals surface area contributed by atoms with E-state index in [-0.39, 0.29) is 17.0 Å². The van der Waals surface area contributed by atoms with Gasteiger partial charge in [-0.25, -0.2) is 22.0 Å². The number of aromatic amines is 1. The molecule has 1 aromatic heterocycles. The molecule has 2 rings (SSSR count). The minimum Gasteiger partial charge on any atom is -0.266 e. The van der Waals surface area contributed by atoms with Gasteiger partial charge in [0.05, 0.1) is 0 Å². The number of hydrogen-bond donors (Lipinski definition) is 1. The summed E-state index contributed by atoms with van der Waals surface area (Å²) in [6.07, 6.45) is 0.187. The molecule has 0 unspecified atom stereocenters. The highest BCUT2D eigenvalue weighted by Gasteiger charge is 2.28. The average molecular weight is 295 g/mol. The summed E-state index contributed by atoms with van der Waals surface area (Å²) >= 11 is 4.73. The molecule has 0 saturated carbocycles. The summed E-state index contributed by atoms with van der Waals surface area (Å²) in [6.45, 7) is 1.59. The van der Waals surface area contributed by atoms with E-state index >= 15 is 0 Å². The van der Waals surface area contributed by atoms with Gasteiger partial charge in [-0.15, -0.1) is 0 Å². The Morgan fingerprint density at radius 3 is 1.95 bits per heavy atom. The maximum atomic E-state index is 13.6. The Morgan fingerprint density at radius 1 is 1.00 bits per heavy atom. The van der Waals surface area contributed by atoms with Crippen molar-refractivity contribution in [2.24, 2.45) is 0 Å². The van der Waals surface area contributed by atoms with Crippen molar-refractivity contribution in [3.63, 3.8) is 0 Å². The standard InChI is InChI=1S/C10H6F5N3S/c1-2-3-16-17-10(19)18(3)9-7(14)5(12)4(11)6(13)8(9)15/h2H2,1H3,(H,17,19). The van der Waals surface area contributed by atoms with Crippen LogP contribution in [0, 0.1) is 33.9 Å². The first-order valence-electron chi connectivity index (χ1n) is 5.08. The van der Waals surface area contributed by atoms with Crippen molar-refractivity contribution in [3.05, 3.63) is 39.7 Å². The lowest BCUT2D eigenvalue weighted by Gasteiger charge is -2.10. The maximum absolute atomic E-state index is 13.6. The van der Waals surface area contributed by atoms with Gasteiger partial charge in [0.15, 0.2) is 28.0 Å². The van der Waals surface area contributed by atoms with Crippen LogP contribution in [0.25, 0.3) is 5.69 Å². The molecule has 0 fully saturated rings. The number of H-pyrrole nitrogens is 1. The SMILES string of the molecule is CCc1n[nH]c(=S)n1-c1c(F)c(F)c(F)c(F)c1F. The number of benzene rings is 1. The van der Waals surface area contributed by atoms with Crippen LogP contribution < -0.4 is 0 Å². The molecule has 3 nitrogen and oxygen atoms in total. The van der Waals surface area contributed by atoms with Crippen LogP contribution in [-0.2, 0) is 6.42 Å². The molecule has 1 heterocycles. The van der Waals surface area contributed by atoms with Gasteiger partial charge in [0.2, 0.25) is 5.82 Å². The van der Waals surface area contributed by atoms with Crippen LogP contribution in [0.2, 0.25) is 0 Å². The van der Waals surface area contributed by atoms with Crippen molar-refractivity contribution < 1.29 is 22.0 Å². The van der Waals surface area contributed by atoms with Crippen molar-refractivity contribution in [2.75, 3.05) is 0 Å². The van der Waals surface area contributed by atoms with E-state index in [0.29, 0.717) is 4.57 Å². The summed E-state index contributed by atoms with van der Waals surface area (Å²) in [5.74, 6) is -10.1. The lowest BCUT2D eigenvalue weighted by Crippen LogP contribution is -2.12. The van der Waals surface area contributed by atoms with E-state index in [4.69, 9.17) is 12.2 Å². The molecule has 0 amide bonds. The minimum atomic E-state index is -2.22. The zero-order valence-electron chi connectivity index (χ0n) is 9.40. The molecule has 0 aliphatic rings. The van der Waals surface area contributed by atoms with Crippen molar-refractivity contribution in [2.45, 2.75) is 13.3 Å². The summed E-state index contributed by atoms with van der Waals surface area (Å²) in [5.41, 5.74) is -1.13. The minimum absolute atomic E-state index is 0.0493. The second-order valence-corrected chi connectivity index (χ2v) is 3.94. The van der Waals surface area contributed by atoms with E-state index in [1.54, 1.807) is 6.92 Å². The van der Waals surface area contributed by atoms with E-state index in [2.05, 4.69) is 10.2 Å². The smallest absolute Gasteiger partial charge is 0.200 e. The molecule has 1 aromatic carbocycles. The Balaban J connectivity index is 2.91. The summed E-state index contributed by atoms with van der Waals surface area (Å²) in [6, 6.07) is 0. The Labute approximate surface area is 108 Å². The third-order valence-electron chi connectivity index (χ3n) is 2.47. The molecule has 1 N–H and O–H groups in total. The molecule has 0 atom stereocenters. The topological polar surface area (TPSA) is 33.6 Å². The van der Waals surface area contributed by atoms with E-state index < -0.39 is 34.8 Å². The molecule has 0 aliphatic heterocycles. The van der Waals surface area contributed by atoms with Gasteiger partial charge >= 0.3 is 0 Å². The quantitative estimate of drug-likeness (QED) is 0.399. The number of aryl methyl sites for hydroxylation is 1. The van der Waals surface area contributed by atoms with Crippen molar-refractivity contribution in [1.82, 2.24) is 14.8 Å². The molecule has 0 spiro atoms. The van der Waals surface area contributed by atoms with Crippen LogP contribution in [0.3, 0.4) is 0 Å². The summed E-state index contributed by atoms with van der Waals surface area (Å²) in [7, 11) is 0. The van der Waals surface area contributed by atoms with Crippen molar-refractivity contribution in [1.29, 1.82) is 0 Å². The molecule has 0 aliphatic carbocycles. The fourth-order valence-corrected chi connectivity index (χ4v) is 1.83. The molecule has 102 valence electrons. The Morgan fingerprint density at radius 2 is 1.47 bits per heavy atom. The molecule has 19 heavy (non-hydrogen) atoms. The fourth-order valence-electron chi connectivity index (χ4n) is 1.59. The van der Waals surface area contributed by atoms with E-state index in [1.165, 1.54) is 0 Å². The highest BCUT2D eigenvalue weighted by atomic mass is 32.1. The van der Waals surface area contributed by atoms with Crippen LogP contribution in [0.5, 0.6) is 0 Å². The third kappa shape index (κ3) is 1.93. The monoisotopic (exact) mass is 295 g/mol. The lowest BCUT2D eigenvalue weighted by molar-refractivity contribution is 0.375. The molecule has 0 radical (unpaired) electrons. The zero-order valence-corrected chi connectivity index (χ0v) is 10.2. The van der Waals surface area contributed by atoms with E-state index in [1.807, 2.05) is 0 Å². The predicted molar refractivity (Wildman–Crippen MR) is 57.9 cm³/mol. The van der Waals surface area contributed by atoms with Crippen LogP contribution >= 0.6 is 12.2 Å². The third-order valence-corrected chi connectivity index (χ3v) is 2.74. The number of nitrogens with zero attached hydrogens (tertiary/aromatic N) is 2. The van der Waals surface area contributed by atoms with Crippen molar-refractivity contribution in [3.8, 4) is 5.69 Å². The van der Waals surface area contributed by atoms with Gasteiger partial charge in [0, 0.05) is 6.42 Å². The van der Waals surface area contributed by atoms with Gasteiger partial charge in [-0.05, 0) is 12.2 Å². The van der Waals surface area contributed by atoms with Crippen LogP contribution in [0.15, 0.2) is 0 Å². The average Bonchev–Trinajstić information content (AvgIpc) is 2.76. The normalized spacial score (nSPS) is 11.1. The van der Waals surface area contributed by atoms with E-state index in [0.717, 1.165) is 0 Å². The first-order valence-corrected chi connectivity index (χ1v) is 5.49. The highest BCUT2D eigenvalue weighted by Crippen LogP contribution is 2.27. The largest absolute Gasteiger partial charge is 0.266 e. The van der Waals surface area contributed by atoms with Gasteiger partial charge in [0.25, 0.3) is 0 Å². The molecular weight excluding hydrogens is 289 g/mol. The van der Waals surface area contributed by atoms with Crippen molar-refractivity contribution >= 4 is 12.2 Å². The van der Waals surface area contributed by atoms with Gasteiger partial charge < -0.3 is 0 Å². The van der Waals surface area contributed by atoms with E-state index in [9.17, 15) is 22.0 Å². The highest BCUT2D eigenvalue weighted by molar-refractivity contribution is 7.71. The molecular formula is C10H6F5N3S. The Kier molecular flexibility index (Phi) is 3.40. The molecule has 0 bridgehead atoms. The summed E-state index contributed by atoms with van der Waals surface area (Å²) in [4.78, 5) is 0. The summed E-state index contributed by atoms with van der Waals surface area (Å²) in [5, 5.41) is 5.89. The Bertz CT molecular complexity index is 677. The number of aromatic nitrogens is 3. The maximum Gasteiger partial charge on any atom is 0.200 e. The number of nitrogens with one attached hydrogen (secondary N) is 1. The molecule has 0 saturated heterocycles. The number of rotatable bonds is 2. The predicted octanol–water partition coefficient (Wildman–Crippen LogP) is 3.19. The first kappa shape index (κ1) is 13.7. The van der Waals surface area contributed by atoms with Gasteiger partial charge in [0.1, 0.15) is 11.5 Å². The van der Waals surface area contributed by atoms with Gasteiger partial charge in [-0.2, -0.15) is 5.10 Å². The van der Waals surface area contributed by atoms with Crippen LogP contribution in [0.1, 0.15) is 12.7 Å². The second-order valence-electron chi connectivity index (χ2n) is 3.55. The number of halogens is 5. The van der Waals surface area contributed by atoms with Crippen LogP contribution in [0.4, 0.5) is 22.0 Å². The summed E-state index contributed by atoms with van der Waals surface area (Å²) < 4.78 is 66.9. The second kappa shape index (κ2) is 4.72. The van der Waals surface area contributed by atoms with Gasteiger partial charge in [-0.3, -0.25) is 9.67 Å². The van der Waals surface area contributed by atoms with Gasteiger partial charge in [-0.1, -0.05) is 6.92 Å². The molecule has 9 heteroatoms. The zero-order chi connectivity index (χ0) is 14.3.